The molecule has 0 saturated heterocycles. The summed E-state index contributed by atoms with van der Waals surface area (Å²) in [5.74, 6) is 0.167. The molecule has 1 heterocycles. The van der Waals surface area contributed by atoms with Gasteiger partial charge in [0.25, 0.3) is 0 Å². The molecule has 33 heavy (non-hydrogen) atoms. The predicted molar refractivity (Wildman–Crippen MR) is 126 cm³/mol. The van der Waals surface area contributed by atoms with Gasteiger partial charge in [0.15, 0.2) is 0 Å². The molecule has 1 aliphatic heterocycles. The van der Waals surface area contributed by atoms with Crippen molar-refractivity contribution in [3.63, 3.8) is 0 Å². The fourth-order valence-corrected chi connectivity index (χ4v) is 3.62. The Balaban J connectivity index is 1.39. The quantitative estimate of drug-likeness (QED) is 0.393. The Labute approximate surface area is 195 Å². The number of hydrogen-bond donors (Lipinski definition) is 1. The number of rotatable bonds is 11. The lowest BCUT2D eigenvalue weighted by Gasteiger charge is -2.29. The van der Waals surface area contributed by atoms with Crippen LogP contribution in [0.25, 0.3) is 5.57 Å². The second-order valence-electron chi connectivity index (χ2n) is 8.98. The molecule has 0 aromatic heterocycles. The van der Waals surface area contributed by atoms with Gasteiger partial charge in [-0.25, -0.2) is 4.79 Å². The van der Waals surface area contributed by atoms with Gasteiger partial charge in [-0.05, 0) is 42.9 Å². The van der Waals surface area contributed by atoms with Crippen molar-refractivity contribution < 1.29 is 28.9 Å². The lowest BCUT2D eigenvalue weighted by atomic mass is 9.90. The maximum Gasteiger partial charge on any atom is 0.339 e. The van der Waals surface area contributed by atoms with Gasteiger partial charge in [0.1, 0.15) is 18.5 Å². The number of benzene rings is 1. The Kier molecular flexibility index (Phi) is 8.89. The summed E-state index contributed by atoms with van der Waals surface area (Å²) in [4.78, 5) is 24.3. The lowest BCUT2D eigenvalue weighted by Crippen LogP contribution is -2.30. The van der Waals surface area contributed by atoms with Gasteiger partial charge in [0.05, 0.1) is 24.2 Å². The highest BCUT2D eigenvalue weighted by molar-refractivity contribution is 6.17. The van der Waals surface area contributed by atoms with Crippen molar-refractivity contribution in [3.8, 4) is 0 Å². The Morgan fingerprint density at radius 2 is 1.88 bits per heavy atom. The minimum Gasteiger partial charge on any atom is -0.491 e. The van der Waals surface area contributed by atoms with Gasteiger partial charge in [-0.1, -0.05) is 63.3 Å². The van der Waals surface area contributed by atoms with Crippen LogP contribution < -0.4 is 0 Å². The van der Waals surface area contributed by atoms with Crippen LogP contribution in [0.3, 0.4) is 0 Å². The molecule has 6 nitrogen and oxygen atoms in total. The Bertz CT molecular complexity index is 898. The number of fused-ring (bicyclic) bond motifs is 1. The minimum absolute atomic E-state index is 0.0451. The number of aliphatic hydroxyl groups is 1. The van der Waals surface area contributed by atoms with E-state index in [0.29, 0.717) is 30.8 Å². The molecule has 6 heteroatoms. The molecule has 0 radical (unpaired) electrons. The second-order valence-corrected chi connectivity index (χ2v) is 8.98. The fraction of sp³-hybridized carbons (Fsp3) is 0.481. The summed E-state index contributed by atoms with van der Waals surface area (Å²) in [6.45, 7) is 6.38. The molecule has 0 bridgehead atoms. The number of hydrogen-bond acceptors (Lipinski definition) is 6. The van der Waals surface area contributed by atoms with Gasteiger partial charge in [-0.15, -0.1) is 0 Å². The molecule has 1 aromatic rings. The Hall–Kier alpha value is -2.86. The molecule has 178 valence electrons. The number of esters is 2. The van der Waals surface area contributed by atoms with Crippen molar-refractivity contribution >= 4 is 17.5 Å². The van der Waals surface area contributed by atoms with E-state index in [-0.39, 0.29) is 36.3 Å². The van der Waals surface area contributed by atoms with Crippen LogP contribution in [0, 0.1) is 17.8 Å². The van der Waals surface area contributed by atoms with Gasteiger partial charge in [-0.2, -0.15) is 0 Å². The molecular formula is C27H34O6. The molecule has 0 fully saturated rings. The number of ether oxygens (including phenoxy) is 3. The van der Waals surface area contributed by atoms with E-state index in [2.05, 4.69) is 0 Å². The van der Waals surface area contributed by atoms with E-state index in [4.69, 9.17) is 14.2 Å². The predicted octanol–water partition coefficient (Wildman–Crippen LogP) is 4.45. The number of carbonyl (C=O) groups is 2. The molecule has 1 aromatic carbocycles. The topological polar surface area (TPSA) is 82.1 Å². The molecule has 1 aliphatic carbocycles. The number of aliphatic hydroxyl groups excluding tert-OH is 1. The molecule has 3 rings (SSSR count). The summed E-state index contributed by atoms with van der Waals surface area (Å²) in [6, 6.07) is 9.47. The van der Waals surface area contributed by atoms with Crippen molar-refractivity contribution in [1.29, 1.82) is 0 Å². The number of allylic oxidation sites excluding steroid dienone is 1. The van der Waals surface area contributed by atoms with E-state index in [1.807, 2.05) is 69.3 Å². The van der Waals surface area contributed by atoms with Gasteiger partial charge in [-0.3, -0.25) is 4.79 Å². The lowest BCUT2D eigenvalue weighted by molar-refractivity contribution is -0.149. The molecule has 0 saturated carbocycles. The minimum atomic E-state index is -0.624. The van der Waals surface area contributed by atoms with Gasteiger partial charge < -0.3 is 19.3 Å². The first kappa shape index (κ1) is 24.8. The molecule has 2 aliphatic rings. The third kappa shape index (κ3) is 7.06. The second kappa shape index (κ2) is 11.8. The smallest absolute Gasteiger partial charge is 0.339 e. The normalized spacial score (nSPS) is 21.4. The largest absolute Gasteiger partial charge is 0.491 e. The first-order valence-corrected chi connectivity index (χ1v) is 11.7. The van der Waals surface area contributed by atoms with Crippen LogP contribution in [0.4, 0.5) is 0 Å². The third-order valence-electron chi connectivity index (χ3n) is 6.09. The van der Waals surface area contributed by atoms with Crippen molar-refractivity contribution in [2.24, 2.45) is 17.8 Å². The van der Waals surface area contributed by atoms with E-state index < -0.39 is 12.2 Å². The van der Waals surface area contributed by atoms with Crippen LogP contribution in [0.5, 0.6) is 0 Å². The summed E-state index contributed by atoms with van der Waals surface area (Å²) < 4.78 is 16.6. The molecule has 0 spiro atoms. The zero-order chi connectivity index (χ0) is 23.8. The molecule has 4 unspecified atom stereocenters. The zero-order valence-corrected chi connectivity index (χ0v) is 19.6. The summed E-state index contributed by atoms with van der Waals surface area (Å²) in [6.07, 6.45) is 8.46. The molecule has 1 N–H and O–H groups in total. The van der Waals surface area contributed by atoms with Crippen molar-refractivity contribution in [3.05, 3.63) is 66.0 Å². The highest BCUT2D eigenvalue weighted by Gasteiger charge is 2.31. The summed E-state index contributed by atoms with van der Waals surface area (Å²) >= 11 is 0. The zero-order valence-electron chi connectivity index (χ0n) is 19.6. The average molecular weight is 455 g/mol. The molecule has 0 amide bonds. The average Bonchev–Trinajstić information content (AvgIpc) is 2.81. The summed E-state index contributed by atoms with van der Waals surface area (Å²) in [5.41, 5.74) is 1.41. The van der Waals surface area contributed by atoms with Crippen LogP contribution in [0.15, 0.2) is 60.4 Å². The maximum absolute atomic E-state index is 12.5. The van der Waals surface area contributed by atoms with Crippen molar-refractivity contribution in [2.45, 2.75) is 52.2 Å². The standard InChI is InChI=1S/C27H34O6/c1-18(2)19(3)26(29)31-14-8-7-11-22(28)17-32-23-13-12-21-15-24(20-9-5-4-6-10-20)27(30)33-25(21)16-23/h4-6,9-10,12-13,15-16,18-19,21-22,25,28H,7-8,11,14,17H2,1-3H3. The fourth-order valence-electron chi connectivity index (χ4n) is 3.62. The van der Waals surface area contributed by atoms with E-state index in [9.17, 15) is 14.7 Å². The molecule has 4 atom stereocenters. The van der Waals surface area contributed by atoms with E-state index in [1.165, 1.54) is 0 Å². The van der Waals surface area contributed by atoms with Crippen LogP contribution >= 0.6 is 0 Å². The van der Waals surface area contributed by atoms with Crippen molar-refractivity contribution in [1.82, 2.24) is 0 Å². The number of unbranched alkanes of at least 4 members (excludes halogenated alkanes) is 1. The van der Waals surface area contributed by atoms with Crippen LogP contribution in [-0.2, 0) is 23.8 Å². The van der Waals surface area contributed by atoms with E-state index >= 15 is 0 Å². The number of carbonyl (C=O) groups excluding carboxylic acids is 2. The first-order chi connectivity index (χ1) is 15.8. The van der Waals surface area contributed by atoms with Crippen LogP contribution in [0.1, 0.15) is 45.6 Å². The van der Waals surface area contributed by atoms with Gasteiger partial charge >= 0.3 is 11.9 Å². The maximum atomic E-state index is 12.5. The van der Waals surface area contributed by atoms with Crippen LogP contribution in [-0.4, -0.2) is 42.5 Å². The summed E-state index contributed by atoms with van der Waals surface area (Å²) in [7, 11) is 0. The SMILES string of the molecule is CC(C)C(C)C(=O)OCCCCC(O)COC1=CC2OC(=O)C(c3ccccc3)=CC2C=C1. The van der Waals surface area contributed by atoms with Gasteiger partial charge in [0, 0.05) is 5.92 Å². The third-order valence-corrected chi connectivity index (χ3v) is 6.09. The summed E-state index contributed by atoms with van der Waals surface area (Å²) in [5, 5.41) is 10.2. The van der Waals surface area contributed by atoms with E-state index in [1.54, 1.807) is 6.08 Å². The Morgan fingerprint density at radius 1 is 1.12 bits per heavy atom. The first-order valence-electron chi connectivity index (χ1n) is 11.7. The van der Waals surface area contributed by atoms with Crippen LogP contribution in [0.2, 0.25) is 0 Å². The van der Waals surface area contributed by atoms with Crippen molar-refractivity contribution in [2.75, 3.05) is 13.2 Å². The molecular weight excluding hydrogens is 420 g/mol. The monoisotopic (exact) mass is 454 g/mol. The Morgan fingerprint density at radius 3 is 2.61 bits per heavy atom. The van der Waals surface area contributed by atoms with E-state index in [0.717, 1.165) is 12.0 Å². The highest BCUT2D eigenvalue weighted by Crippen LogP contribution is 2.31. The highest BCUT2D eigenvalue weighted by atomic mass is 16.5. The van der Waals surface area contributed by atoms with Gasteiger partial charge in [0.2, 0.25) is 0 Å².